The fourth-order valence-electron chi connectivity index (χ4n) is 8.41. The van der Waals surface area contributed by atoms with Crippen molar-refractivity contribution < 1.29 is 28.6 Å². The number of rotatable bonds is 56. The average Bonchev–Trinajstić information content (AvgIpc) is 3.44. The van der Waals surface area contributed by atoms with Gasteiger partial charge in [-0.3, -0.25) is 14.4 Å². The number of esters is 3. The maximum Gasteiger partial charge on any atom is 0.306 e. The lowest BCUT2D eigenvalue weighted by Gasteiger charge is -2.18. The van der Waals surface area contributed by atoms with E-state index in [1.54, 1.807) is 0 Å². The van der Waals surface area contributed by atoms with Gasteiger partial charge in [-0.05, 0) is 109 Å². The second kappa shape index (κ2) is 64.8. The highest BCUT2D eigenvalue weighted by atomic mass is 16.6. The van der Waals surface area contributed by atoms with E-state index in [0.29, 0.717) is 19.3 Å². The highest BCUT2D eigenvalue weighted by molar-refractivity contribution is 5.71. The van der Waals surface area contributed by atoms with Gasteiger partial charge in [-0.25, -0.2) is 0 Å². The summed E-state index contributed by atoms with van der Waals surface area (Å²) in [5.41, 5.74) is 0. The standard InChI is InChI=1S/C72H116O6/c1-4-7-10-13-16-19-22-24-26-28-30-31-32-33-34-35-36-37-38-39-40-41-43-44-46-48-50-53-56-59-62-65-71(74)77-68-69(67-76-70(73)64-61-58-55-52-21-18-15-12-9-6-3)78-72(75)66-63-60-57-54-51-49-47-45-42-29-27-25-23-20-17-14-11-8-5-2/h7-8,10-11,16-17,19-20,24-27,30-31,33-34,36-37,42,45,49,51,57,60,69H,4-6,9,12-15,18,21-23,28-29,32,35,38-41,43-44,46-48,50,52-56,58-59,61-68H2,1-3H3/b10-7-,11-8-,19-16-,20-17-,26-24-,27-25-,31-30-,34-33-,37-36-,45-42-,51-49-,60-57-. The van der Waals surface area contributed by atoms with E-state index in [9.17, 15) is 14.4 Å². The van der Waals surface area contributed by atoms with Crippen molar-refractivity contribution in [2.75, 3.05) is 13.2 Å². The van der Waals surface area contributed by atoms with Crippen molar-refractivity contribution in [3.8, 4) is 0 Å². The van der Waals surface area contributed by atoms with E-state index in [0.717, 1.165) is 116 Å². The lowest BCUT2D eigenvalue weighted by Crippen LogP contribution is -2.30. The number of carbonyl (C=O) groups is 3. The van der Waals surface area contributed by atoms with Gasteiger partial charge >= 0.3 is 17.9 Å². The van der Waals surface area contributed by atoms with Crippen molar-refractivity contribution >= 4 is 17.9 Å². The highest BCUT2D eigenvalue weighted by Crippen LogP contribution is 2.15. The minimum absolute atomic E-state index is 0.111. The Morgan fingerprint density at radius 3 is 0.833 bits per heavy atom. The number of carbonyl (C=O) groups excluding carboxylic acids is 3. The molecule has 0 saturated carbocycles. The number of ether oxygens (including phenoxy) is 3. The Bertz CT molecular complexity index is 1710. The molecule has 78 heavy (non-hydrogen) atoms. The van der Waals surface area contributed by atoms with Gasteiger partial charge in [0.25, 0.3) is 0 Å². The molecule has 0 heterocycles. The second-order valence-corrected chi connectivity index (χ2v) is 20.6. The third-order valence-electron chi connectivity index (χ3n) is 13.1. The van der Waals surface area contributed by atoms with Gasteiger partial charge in [-0.2, -0.15) is 0 Å². The molecule has 1 unspecified atom stereocenters. The van der Waals surface area contributed by atoms with E-state index in [1.807, 2.05) is 6.08 Å². The Balaban J connectivity index is 4.30. The van der Waals surface area contributed by atoms with Gasteiger partial charge in [0.15, 0.2) is 6.10 Å². The van der Waals surface area contributed by atoms with Crippen LogP contribution in [0.5, 0.6) is 0 Å². The first-order valence-electron chi connectivity index (χ1n) is 31.8. The molecule has 0 aliphatic heterocycles. The van der Waals surface area contributed by atoms with Gasteiger partial charge in [0.1, 0.15) is 13.2 Å². The van der Waals surface area contributed by atoms with E-state index in [2.05, 4.69) is 161 Å². The van der Waals surface area contributed by atoms with Crippen LogP contribution in [-0.4, -0.2) is 37.2 Å². The van der Waals surface area contributed by atoms with E-state index in [1.165, 1.54) is 109 Å². The summed E-state index contributed by atoms with van der Waals surface area (Å²) in [4.78, 5) is 38.2. The molecule has 0 amide bonds. The van der Waals surface area contributed by atoms with Crippen molar-refractivity contribution in [3.63, 3.8) is 0 Å². The Labute approximate surface area is 480 Å². The molecule has 0 radical (unpaired) electrons. The van der Waals surface area contributed by atoms with Crippen molar-refractivity contribution in [1.82, 2.24) is 0 Å². The molecule has 440 valence electrons. The van der Waals surface area contributed by atoms with Gasteiger partial charge in [0.05, 0.1) is 0 Å². The van der Waals surface area contributed by atoms with E-state index >= 15 is 0 Å². The van der Waals surface area contributed by atoms with Crippen LogP contribution in [0.3, 0.4) is 0 Å². The molecule has 0 spiro atoms. The Morgan fingerprint density at radius 1 is 0.269 bits per heavy atom. The van der Waals surface area contributed by atoms with Crippen molar-refractivity contribution in [2.24, 2.45) is 0 Å². The third-order valence-corrected chi connectivity index (χ3v) is 13.1. The molecule has 6 heteroatoms. The fourth-order valence-corrected chi connectivity index (χ4v) is 8.41. The van der Waals surface area contributed by atoms with Crippen LogP contribution in [0.4, 0.5) is 0 Å². The zero-order chi connectivity index (χ0) is 56.4. The number of unbranched alkanes of at least 4 members (excludes halogenated alkanes) is 21. The van der Waals surface area contributed by atoms with Gasteiger partial charge in [-0.1, -0.05) is 289 Å². The van der Waals surface area contributed by atoms with Crippen LogP contribution in [0.25, 0.3) is 0 Å². The van der Waals surface area contributed by atoms with Crippen LogP contribution in [-0.2, 0) is 28.6 Å². The van der Waals surface area contributed by atoms with Crippen molar-refractivity contribution in [2.45, 2.75) is 277 Å². The summed E-state index contributed by atoms with van der Waals surface area (Å²) in [7, 11) is 0. The predicted molar refractivity (Wildman–Crippen MR) is 339 cm³/mol. The molecule has 0 rings (SSSR count). The quantitative estimate of drug-likeness (QED) is 0.0261. The lowest BCUT2D eigenvalue weighted by atomic mass is 10.0. The SMILES string of the molecule is CC/C=C\C/C=C\C/C=C\C/C=C\C/C=C\C/C=C\CCCCCCCCCCCCCCC(=O)OCC(COC(=O)CCCCCCCCCCCC)OC(=O)CC/C=C\C/C=C\C/C=C\C/C=C\C/C=C\C/C=C\CC. The summed E-state index contributed by atoms with van der Waals surface area (Å²) in [6.07, 6.45) is 93.0. The van der Waals surface area contributed by atoms with Crippen LogP contribution in [0, 0.1) is 0 Å². The Kier molecular flexibility index (Phi) is 60.9. The third kappa shape index (κ3) is 62.1. The summed E-state index contributed by atoms with van der Waals surface area (Å²) in [5, 5.41) is 0. The van der Waals surface area contributed by atoms with Gasteiger partial charge in [0, 0.05) is 19.3 Å². The smallest absolute Gasteiger partial charge is 0.306 e. The predicted octanol–water partition coefficient (Wildman–Crippen LogP) is 21.9. The molecule has 0 aromatic heterocycles. The fraction of sp³-hybridized carbons (Fsp3) is 0.625. The summed E-state index contributed by atoms with van der Waals surface area (Å²) in [6, 6.07) is 0. The molecule has 0 bridgehead atoms. The molecule has 1 atom stereocenters. The minimum atomic E-state index is -0.822. The van der Waals surface area contributed by atoms with E-state index in [-0.39, 0.29) is 31.6 Å². The Morgan fingerprint density at radius 2 is 0.526 bits per heavy atom. The maximum atomic E-state index is 12.8. The van der Waals surface area contributed by atoms with Crippen LogP contribution in [0.2, 0.25) is 0 Å². The number of hydrogen-bond donors (Lipinski definition) is 0. The molecular weight excluding hydrogens is 961 g/mol. The van der Waals surface area contributed by atoms with Gasteiger partial charge in [-0.15, -0.1) is 0 Å². The van der Waals surface area contributed by atoms with Gasteiger partial charge < -0.3 is 14.2 Å². The van der Waals surface area contributed by atoms with Gasteiger partial charge in [0.2, 0.25) is 0 Å². The first-order chi connectivity index (χ1) is 38.5. The molecule has 0 aromatic carbocycles. The molecule has 0 aliphatic carbocycles. The molecule has 0 aromatic rings. The lowest BCUT2D eigenvalue weighted by molar-refractivity contribution is -0.166. The monoisotopic (exact) mass is 1080 g/mol. The average molecular weight is 1080 g/mol. The summed E-state index contributed by atoms with van der Waals surface area (Å²) in [5.74, 6) is -1.000. The maximum absolute atomic E-state index is 12.8. The zero-order valence-corrected chi connectivity index (χ0v) is 50.4. The van der Waals surface area contributed by atoms with Crippen molar-refractivity contribution in [3.05, 3.63) is 146 Å². The normalized spacial score (nSPS) is 13.1. The minimum Gasteiger partial charge on any atom is -0.462 e. The molecule has 0 fully saturated rings. The number of allylic oxidation sites excluding steroid dienone is 24. The zero-order valence-electron chi connectivity index (χ0n) is 50.4. The molecule has 0 N–H and O–H groups in total. The second-order valence-electron chi connectivity index (χ2n) is 20.6. The van der Waals surface area contributed by atoms with Crippen LogP contribution in [0.15, 0.2) is 146 Å². The van der Waals surface area contributed by atoms with E-state index in [4.69, 9.17) is 14.2 Å². The summed E-state index contributed by atoms with van der Waals surface area (Å²) < 4.78 is 16.8. The Hall–Kier alpha value is -4.71. The van der Waals surface area contributed by atoms with Crippen molar-refractivity contribution in [1.29, 1.82) is 0 Å². The first kappa shape index (κ1) is 73.3. The molecule has 6 nitrogen and oxygen atoms in total. The van der Waals surface area contributed by atoms with Crippen LogP contribution < -0.4 is 0 Å². The molecule has 0 saturated heterocycles. The highest BCUT2D eigenvalue weighted by Gasteiger charge is 2.19. The van der Waals surface area contributed by atoms with Crippen LogP contribution >= 0.6 is 0 Å². The summed E-state index contributed by atoms with van der Waals surface area (Å²) >= 11 is 0. The first-order valence-corrected chi connectivity index (χ1v) is 31.8. The molecule has 0 aliphatic rings. The van der Waals surface area contributed by atoms with E-state index < -0.39 is 12.1 Å². The largest absolute Gasteiger partial charge is 0.462 e. The van der Waals surface area contributed by atoms with Crippen LogP contribution in [0.1, 0.15) is 271 Å². The molecular formula is C72H116O6. The topological polar surface area (TPSA) is 78.9 Å². The number of hydrogen-bond acceptors (Lipinski definition) is 6. The summed E-state index contributed by atoms with van der Waals surface area (Å²) in [6.45, 7) is 6.34.